The van der Waals surface area contributed by atoms with Crippen molar-refractivity contribution in [3.05, 3.63) is 0 Å². The van der Waals surface area contributed by atoms with Crippen LogP contribution in [-0.4, -0.2) is 51.9 Å². The summed E-state index contributed by atoms with van der Waals surface area (Å²) in [7, 11) is 0. The standard InChI is InChI=1S/C14H25N5O2/c1-4-7-15-12-16-13(18-14(17-12)21-10(2)3)19-8-5-11(20)6-9-19/h10-11,20H,4-9H2,1-3H3,(H,15,16,17,18). The van der Waals surface area contributed by atoms with Crippen molar-refractivity contribution in [3.8, 4) is 6.01 Å². The van der Waals surface area contributed by atoms with E-state index in [1.807, 2.05) is 13.8 Å². The molecule has 7 nitrogen and oxygen atoms in total. The molecule has 1 aromatic heterocycles. The Morgan fingerprint density at radius 2 is 2.00 bits per heavy atom. The van der Waals surface area contributed by atoms with E-state index in [9.17, 15) is 5.11 Å². The largest absolute Gasteiger partial charge is 0.461 e. The van der Waals surface area contributed by atoms with Crippen molar-refractivity contribution in [1.29, 1.82) is 0 Å². The normalized spacial score (nSPS) is 16.3. The van der Waals surface area contributed by atoms with Gasteiger partial charge in [-0.05, 0) is 33.1 Å². The molecular formula is C14H25N5O2. The Hall–Kier alpha value is -1.63. The van der Waals surface area contributed by atoms with E-state index in [2.05, 4.69) is 32.1 Å². The van der Waals surface area contributed by atoms with Crippen molar-refractivity contribution in [2.24, 2.45) is 0 Å². The molecule has 1 aliphatic heterocycles. The number of hydrogen-bond acceptors (Lipinski definition) is 7. The van der Waals surface area contributed by atoms with Crippen molar-refractivity contribution >= 4 is 11.9 Å². The van der Waals surface area contributed by atoms with E-state index in [1.54, 1.807) is 0 Å². The lowest BCUT2D eigenvalue weighted by Crippen LogP contribution is -2.37. The highest BCUT2D eigenvalue weighted by Gasteiger charge is 2.21. The van der Waals surface area contributed by atoms with Crippen LogP contribution in [0.5, 0.6) is 6.01 Å². The molecule has 2 N–H and O–H groups in total. The summed E-state index contributed by atoms with van der Waals surface area (Å²) in [5.74, 6) is 1.16. The summed E-state index contributed by atoms with van der Waals surface area (Å²) in [6.45, 7) is 8.29. The second kappa shape index (κ2) is 7.40. The van der Waals surface area contributed by atoms with Crippen LogP contribution in [0.3, 0.4) is 0 Å². The van der Waals surface area contributed by atoms with Gasteiger partial charge in [-0.2, -0.15) is 15.0 Å². The highest BCUT2D eigenvalue weighted by atomic mass is 16.5. The minimum atomic E-state index is -0.216. The van der Waals surface area contributed by atoms with Gasteiger partial charge in [-0.15, -0.1) is 0 Å². The van der Waals surface area contributed by atoms with Gasteiger partial charge in [-0.25, -0.2) is 0 Å². The third-order valence-electron chi connectivity index (χ3n) is 3.22. The van der Waals surface area contributed by atoms with E-state index in [0.717, 1.165) is 38.9 Å². The summed E-state index contributed by atoms with van der Waals surface area (Å²) < 4.78 is 5.61. The first kappa shape index (κ1) is 15.8. The number of nitrogens with zero attached hydrogens (tertiary/aromatic N) is 4. The number of nitrogens with one attached hydrogen (secondary N) is 1. The summed E-state index contributed by atoms with van der Waals surface area (Å²) in [6, 6.07) is 0.347. The van der Waals surface area contributed by atoms with Crippen molar-refractivity contribution in [1.82, 2.24) is 15.0 Å². The molecule has 2 heterocycles. The fraction of sp³-hybridized carbons (Fsp3) is 0.786. The lowest BCUT2D eigenvalue weighted by atomic mass is 10.1. The van der Waals surface area contributed by atoms with Gasteiger partial charge in [0.1, 0.15) is 0 Å². The van der Waals surface area contributed by atoms with Crippen LogP contribution in [0.1, 0.15) is 40.0 Å². The van der Waals surface area contributed by atoms with Crippen LogP contribution in [0.15, 0.2) is 0 Å². The summed E-state index contributed by atoms with van der Waals surface area (Å²) in [5, 5.41) is 12.8. The number of rotatable bonds is 6. The summed E-state index contributed by atoms with van der Waals surface area (Å²) in [4.78, 5) is 15.2. The van der Waals surface area contributed by atoms with Gasteiger partial charge in [0.25, 0.3) is 0 Å². The highest BCUT2D eigenvalue weighted by molar-refractivity contribution is 5.38. The topological polar surface area (TPSA) is 83.4 Å². The number of aromatic nitrogens is 3. The lowest BCUT2D eigenvalue weighted by molar-refractivity contribution is 0.145. The number of ether oxygens (including phenoxy) is 1. The second-order valence-electron chi connectivity index (χ2n) is 5.55. The van der Waals surface area contributed by atoms with E-state index in [1.165, 1.54) is 0 Å². The first-order valence-corrected chi connectivity index (χ1v) is 7.68. The molecule has 0 amide bonds. The van der Waals surface area contributed by atoms with Crippen molar-refractivity contribution in [2.75, 3.05) is 29.9 Å². The van der Waals surface area contributed by atoms with Crippen molar-refractivity contribution in [2.45, 2.75) is 52.2 Å². The zero-order valence-corrected chi connectivity index (χ0v) is 13.0. The minimum Gasteiger partial charge on any atom is -0.461 e. The van der Waals surface area contributed by atoms with E-state index in [-0.39, 0.29) is 12.2 Å². The molecule has 1 aliphatic rings. The Kier molecular flexibility index (Phi) is 5.55. The zero-order valence-electron chi connectivity index (χ0n) is 13.0. The third kappa shape index (κ3) is 4.70. The quantitative estimate of drug-likeness (QED) is 0.821. The molecule has 0 atom stereocenters. The smallest absolute Gasteiger partial charge is 0.323 e. The van der Waals surface area contributed by atoms with Gasteiger partial charge in [-0.3, -0.25) is 0 Å². The molecule has 118 valence electrons. The molecule has 0 spiro atoms. The maximum atomic E-state index is 9.60. The van der Waals surface area contributed by atoms with Crippen LogP contribution in [0.2, 0.25) is 0 Å². The first-order valence-electron chi connectivity index (χ1n) is 7.68. The monoisotopic (exact) mass is 295 g/mol. The molecular weight excluding hydrogens is 270 g/mol. The van der Waals surface area contributed by atoms with Crippen LogP contribution in [0.25, 0.3) is 0 Å². The Morgan fingerprint density at radius 1 is 1.29 bits per heavy atom. The van der Waals surface area contributed by atoms with Gasteiger partial charge in [0, 0.05) is 19.6 Å². The average molecular weight is 295 g/mol. The number of hydrogen-bond donors (Lipinski definition) is 2. The molecule has 0 radical (unpaired) electrons. The molecule has 7 heteroatoms. The zero-order chi connectivity index (χ0) is 15.2. The SMILES string of the molecule is CCCNc1nc(OC(C)C)nc(N2CCC(O)CC2)n1. The Labute approximate surface area is 125 Å². The van der Waals surface area contributed by atoms with Crippen LogP contribution in [-0.2, 0) is 0 Å². The summed E-state index contributed by atoms with van der Waals surface area (Å²) >= 11 is 0. The van der Waals surface area contributed by atoms with Gasteiger partial charge < -0.3 is 20.1 Å². The number of piperidine rings is 1. The molecule has 1 saturated heterocycles. The molecule has 0 aromatic carbocycles. The Balaban J connectivity index is 2.17. The lowest BCUT2D eigenvalue weighted by Gasteiger charge is -2.29. The maximum absolute atomic E-state index is 9.60. The van der Waals surface area contributed by atoms with Gasteiger partial charge in [-0.1, -0.05) is 6.92 Å². The fourth-order valence-corrected chi connectivity index (χ4v) is 2.13. The predicted octanol–water partition coefficient (Wildman–Crippen LogP) is 1.44. The van der Waals surface area contributed by atoms with Crippen LogP contribution >= 0.6 is 0 Å². The number of aliphatic hydroxyl groups is 1. The summed E-state index contributed by atoms with van der Waals surface area (Å²) in [5.41, 5.74) is 0. The van der Waals surface area contributed by atoms with Gasteiger partial charge in [0.2, 0.25) is 11.9 Å². The van der Waals surface area contributed by atoms with Crippen LogP contribution < -0.4 is 15.0 Å². The fourth-order valence-electron chi connectivity index (χ4n) is 2.13. The molecule has 0 saturated carbocycles. The molecule has 0 bridgehead atoms. The van der Waals surface area contributed by atoms with Gasteiger partial charge >= 0.3 is 6.01 Å². The van der Waals surface area contributed by atoms with Crippen molar-refractivity contribution < 1.29 is 9.84 Å². The third-order valence-corrected chi connectivity index (χ3v) is 3.22. The highest BCUT2D eigenvalue weighted by Crippen LogP contribution is 2.20. The maximum Gasteiger partial charge on any atom is 0.323 e. The van der Waals surface area contributed by atoms with Gasteiger partial charge in [0.15, 0.2) is 0 Å². The van der Waals surface area contributed by atoms with E-state index >= 15 is 0 Å². The molecule has 1 aromatic rings. The van der Waals surface area contributed by atoms with Crippen LogP contribution in [0.4, 0.5) is 11.9 Å². The van der Waals surface area contributed by atoms with E-state index in [4.69, 9.17) is 4.74 Å². The van der Waals surface area contributed by atoms with Crippen LogP contribution in [0, 0.1) is 0 Å². The molecule has 1 fully saturated rings. The predicted molar refractivity (Wildman–Crippen MR) is 81.8 cm³/mol. The number of anilines is 2. The Morgan fingerprint density at radius 3 is 2.62 bits per heavy atom. The molecule has 0 aliphatic carbocycles. The second-order valence-corrected chi connectivity index (χ2v) is 5.55. The van der Waals surface area contributed by atoms with Gasteiger partial charge in [0.05, 0.1) is 12.2 Å². The molecule has 21 heavy (non-hydrogen) atoms. The Bertz CT molecular complexity index is 447. The summed E-state index contributed by atoms with van der Waals surface area (Å²) in [6.07, 6.45) is 2.28. The number of aliphatic hydroxyl groups excluding tert-OH is 1. The van der Waals surface area contributed by atoms with Crippen molar-refractivity contribution in [3.63, 3.8) is 0 Å². The first-order chi connectivity index (χ1) is 10.1. The van der Waals surface area contributed by atoms with E-state index < -0.39 is 0 Å². The molecule has 0 unspecified atom stereocenters. The average Bonchev–Trinajstić information content (AvgIpc) is 2.45. The minimum absolute atomic E-state index is 0.0162. The molecule has 2 rings (SSSR count). The van der Waals surface area contributed by atoms with E-state index in [0.29, 0.717) is 17.9 Å².